The molecule has 1 aromatic carbocycles. The van der Waals surface area contributed by atoms with Gasteiger partial charge in [-0.25, -0.2) is 0 Å². The van der Waals surface area contributed by atoms with Crippen molar-refractivity contribution in [1.82, 2.24) is 4.90 Å². The summed E-state index contributed by atoms with van der Waals surface area (Å²) >= 11 is 0. The van der Waals surface area contributed by atoms with Crippen LogP contribution in [0.1, 0.15) is 37.3 Å². The second-order valence-electron chi connectivity index (χ2n) is 5.43. The van der Waals surface area contributed by atoms with Crippen LogP contribution in [-0.2, 0) is 6.42 Å². The Morgan fingerprint density at radius 2 is 2.00 bits per heavy atom. The third kappa shape index (κ3) is 5.21. The summed E-state index contributed by atoms with van der Waals surface area (Å²) in [4.78, 5) is 2.34. The lowest BCUT2D eigenvalue weighted by molar-refractivity contribution is 0.335. The molecule has 0 aliphatic heterocycles. The van der Waals surface area contributed by atoms with Gasteiger partial charge in [0.05, 0.1) is 7.11 Å². The van der Waals surface area contributed by atoms with E-state index in [9.17, 15) is 0 Å². The maximum atomic E-state index is 5.53. The maximum Gasteiger partial charge on any atom is 0.122 e. The van der Waals surface area contributed by atoms with Gasteiger partial charge in [0.2, 0.25) is 0 Å². The van der Waals surface area contributed by atoms with E-state index in [2.05, 4.69) is 44.0 Å². The Labute approximate surface area is 117 Å². The molecule has 0 saturated heterocycles. The highest BCUT2D eigenvalue weighted by Gasteiger charge is 2.08. The summed E-state index contributed by atoms with van der Waals surface area (Å²) in [6.07, 6.45) is 2.14. The summed E-state index contributed by atoms with van der Waals surface area (Å²) in [7, 11) is 3.89. The van der Waals surface area contributed by atoms with Crippen LogP contribution in [0.15, 0.2) is 18.2 Å². The smallest absolute Gasteiger partial charge is 0.122 e. The van der Waals surface area contributed by atoms with Crippen LogP contribution < -0.4 is 10.5 Å². The molecule has 0 amide bonds. The quantitative estimate of drug-likeness (QED) is 0.784. The van der Waals surface area contributed by atoms with Crippen molar-refractivity contribution in [2.45, 2.75) is 32.6 Å². The number of nitrogens with zero attached hydrogens (tertiary/aromatic N) is 1. The third-order valence-corrected chi connectivity index (χ3v) is 3.44. The second kappa shape index (κ2) is 8.18. The van der Waals surface area contributed by atoms with Crippen LogP contribution >= 0.6 is 0 Å². The Kier molecular flexibility index (Phi) is 6.89. The molecule has 0 aliphatic rings. The second-order valence-corrected chi connectivity index (χ2v) is 5.43. The summed E-state index contributed by atoms with van der Waals surface area (Å²) < 4.78 is 5.42. The molecule has 0 bridgehead atoms. The number of benzene rings is 1. The Hall–Kier alpha value is -1.06. The summed E-state index contributed by atoms with van der Waals surface area (Å²) in [6.45, 7) is 7.32. The molecule has 0 atom stereocenters. The summed E-state index contributed by atoms with van der Waals surface area (Å²) in [5, 5.41) is 0. The molecule has 0 saturated carbocycles. The SMILES string of the molecule is COc1ccc(CCN(C)CCCN)cc1C(C)C. The van der Waals surface area contributed by atoms with Gasteiger partial charge in [0.25, 0.3) is 0 Å². The van der Waals surface area contributed by atoms with Crippen LogP contribution in [0.25, 0.3) is 0 Å². The zero-order chi connectivity index (χ0) is 14.3. The van der Waals surface area contributed by atoms with Crippen LogP contribution in [0.5, 0.6) is 5.75 Å². The van der Waals surface area contributed by atoms with Crippen molar-refractivity contribution < 1.29 is 4.74 Å². The number of hydrogen-bond acceptors (Lipinski definition) is 3. The topological polar surface area (TPSA) is 38.5 Å². The van der Waals surface area contributed by atoms with Gasteiger partial charge >= 0.3 is 0 Å². The molecule has 1 aromatic rings. The van der Waals surface area contributed by atoms with E-state index in [0.29, 0.717) is 5.92 Å². The van der Waals surface area contributed by atoms with Crippen molar-refractivity contribution in [3.05, 3.63) is 29.3 Å². The predicted octanol–water partition coefficient (Wildman–Crippen LogP) is 2.64. The van der Waals surface area contributed by atoms with E-state index >= 15 is 0 Å². The first-order valence-corrected chi connectivity index (χ1v) is 7.14. The van der Waals surface area contributed by atoms with Crippen molar-refractivity contribution in [2.24, 2.45) is 5.73 Å². The molecule has 0 unspecified atom stereocenters. The fraction of sp³-hybridized carbons (Fsp3) is 0.625. The van der Waals surface area contributed by atoms with Crippen LogP contribution in [0.3, 0.4) is 0 Å². The highest BCUT2D eigenvalue weighted by molar-refractivity contribution is 5.39. The Bertz CT molecular complexity index is 377. The molecule has 0 heterocycles. The molecule has 2 N–H and O–H groups in total. The molecule has 19 heavy (non-hydrogen) atoms. The van der Waals surface area contributed by atoms with E-state index in [1.54, 1.807) is 7.11 Å². The van der Waals surface area contributed by atoms with Gasteiger partial charge < -0.3 is 15.4 Å². The molecule has 1 rings (SSSR count). The zero-order valence-corrected chi connectivity index (χ0v) is 12.8. The molecule has 0 aliphatic carbocycles. The van der Waals surface area contributed by atoms with Crippen LogP contribution in [-0.4, -0.2) is 38.7 Å². The van der Waals surface area contributed by atoms with Crippen LogP contribution in [0.4, 0.5) is 0 Å². The van der Waals surface area contributed by atoms with Gasteiger partial charge in [-0.05, 0) is 56.1 Å². The highest BCUT2D eigenvalue weighted by atomic mass is 16.5. The van der Waals surface area contributed by atoms with Crippen molar-refractivity contribution in [3.63, 3.8) is 0 Å². The largest absolute Gasteiger partial charge is 0.496 e. The van der Waals surface area contributed by atoms with E-state index < -0.39 is 0 Å². The Morgan fingerprint density at radius 3 is 2.58 bits per heavy atom. The molecular formula is C16H28N2O. The average molecular weight is 264 g/mol. The van der Waals surface area contributed by atoms with Crippen molar-refractivity contribution in [2.75, 3.05) is 33.8 Å². The molecule has 0 radical (unpaired) electrons. The van der Waals surface area contributed by atoms with Crippen molar-refractivity contribution in [1.29, 1.82) is 0 Å². The minimum atomic E-state index is 0.491. The minimum Gasteiger partial charge on any atom is -0.496 e. The first-order chi connectivity index (χ1) is 9.08. The van der Waals surface area contributed by atoms with Gasteiger partial charge in [-0.3, -0.25) is 0 Å². The van der Waals surface area contributed by atoms with Gasteiger partial charge in [0.1, 0.15) is 5.75 Å². The van der Waals surface area contributed by atoms with Crippen molar-refractivity contribution in [3.8, 4) is 5.75 Å². The van der Waals surface area contributed by atoms with E-state index in [1.165, 1.54) is 11.1 Å². The predicted molar refractivity (Wildman–Crippen MR) is 82.0 cm³/mol. The molecule has 3 nitrogen and oxygen atoms in total. The third-order valence-electron chi connectivity index (χ3n) is 3.44. The number of hydrogen-bond donors (Lipinski definition) is 1. The number of nitrogens with two attached hydrogens (primary N) is 1. The highest BCUT2D eigenvalue weighted by Crippen LogP contribution is 2.27. The summed E-state index contributed by atoms with van der Waals surface area (Å²) in [6, 6.07) is 6.53. The molecule has 3 heteroatoms. The van der Waals surface area contributed by atoms with E-state index in [-0.39, 0.29) is 0 Å². The number of methoxy groups -OCH3 is 1. The monoisotopic (exact) mass is 264 g/mol. The van der Waals surface area contributed by atoms with E-state index in [4.69, 9.17) is 10.5 Å². The number of likely N-dealkylation sites (N-methyl/N-ethyl adjacent to an activating group) is 1. The van der Waals surface area contributed by atoms with Gasteiger partial charge in [0, 0.05) is 6.54 Å². The Balaban J connectivity index is 2.61. The lowest BCUT2D eigenvalue weighted by Gasteiger charge is -2.17. The molecule has 0 fully saturated rings. The lowest BCUT2D eigenvalue weighted by atomic mass is 9.98. The van der Waals surface area contributed by atoms with Crippen LogP contribution in [0, 0.1) is 0 Å². The van der Waals surface area contributed by atoms with Gasteiger partial charge in [0.15, 0.2) is 0 Å². The van der Waals surface area contributed by atoms with Gasteiger partial charge in [-0.2, -0.15) is 0 Å². The van der Waals surface area contributed by atoms with E-state index in [1.807, 2.05) is 0 Å². The minimum absolute atomic E-state index is 0.491. The van der Waals surface area contributed by atoms with Crippen molar-refractivity contribution >= 4 is 0 Å². The maximum absolute atomic E-state index is 5.53. The normalized spacial score (nSPS) is 11.3. The van der Waals surface area contributed by atoms with Gasteiger partial charge in [-0.1, -0.05) is 26.0 Å². The standard InChI is InChI=1S/C16H28N2O/c1-13(2)15-12-14(6-7-16(15)19-4)8-11-18(3)10-5-9-17/h6-7,12-13H,5,8-11,17H2,1-4H3. The average Bonchev–Trinajstić information content (AvgIpc) is 2.42. The molecule has 108 valence electrons. The molecule has 0 aromatic heterocycles. The first-order valence-electron chi connectivity index (χ1n) is 7.14. The number of ether oxygens (including phenoxy) is 1. The molecular weight excluding hydrogens is 236 g/mol. The summed E-state index contributed by atoms with van der Waals surface area (Å²) in [5.74, 6) is 1.49. The fourth-order valence-corrected chi connectivity index (χ4v) is 2.18. The number of rotatable bonds is 8. The fourth-order valence-electron chi connectivity index (χ4n) is 2.18. The zero-order valence-electron chi connectivity index (χ0n) is 12.8. The molecule has 0 spiro atoms. The first kappa shape index (κ1) is 16.0. The summed E-state index contributed by atoms with van der Waals surface area (Å²) in [5.41, 5.74) is 8.20. The lowest BCUT2D eigenvalue weighted by Crippen LogP contribution is -2.24. The Morgan fingerprint density at radius 1 is 1.26 bits per heavy atom. The van der Waals surface area contributed by atoms with Gasteiger partial charge in [-0.15, -0.1) is 0 Å². The van der Waals surface area contributed by atoms with Crippen LogP contribution in [0.2, 0.25) is 0 Å². The van der Waals surface area contributed by atoms with E-state index in [0.717, 1.165) is 38.2 Å².